The molecular formula is C19H28N4O2. The summed E-state index contributed by atoms with van der Waals surface area (Å²) < 4.78 is 14.2. The first kappa shape index (κ1) is 17.9. The maximum absolute atomic E-state index is 6.21. The van der Waals surface area contributed by atoms with Crippen molar-refractivity contribution in [2.45, 2.75) is 45.4 Å². The number of para-hydroxylation sites is 1. The zero-order chi connectivity index (χ0) is 17.9. The molecule has 0 saturated carbocycles. The molecule has 1 aliphatic heterocycles. The SMILES string of the molecule is CCc1nnc(CN2CC(COc3ccccc3)OC(C)(C)C2)n1C. The Morgan fingerprint density at radius 3 is 2.60 bits per heavy atom. The maximum Gasteiger partial charge on any atom is 0.146 e. The van der Waals surface area contributed by atoms with Crippen molar-refractivity contribution in [3.63, 3.8) is 0 Å². The second-order valence-corrected chi connectivity index (χ2v) is 7.24. The summed E-state index contributed by atoms with van der Waals surface area (Å²) in [4.78, 5) is 2.38. The van der Waals surface area contributed by atoms with Gasteiger partial charge >= 0.3 is 0 Å². The third-order valence-electron chi connectivity index (χ3n) is 4.47. The number of morpholine rings is 1. The van der Waals surface area contributed by atoms with Gasteiger partial charge in [-0.3, -0.25) is 4.90 Å². The minimum Gasteiger partial charge on any atom is -0.491 e. The molecule has 1 unspecified atom stereocenters. The van der Waals surface area contributed by atoms with Gasteiger partial charge in [0.15, 0.2) is 0 Å². The van der Waals surface area contributed by atoms with Crippen molar-refractivity contribution in [2.24, 2.45) is 7.05 Å². The van der Waals surface area contributed by atoms with Crippen LogP contribution in [-0.2, 0) is 24.8 Å². The third-order valence-corrected chi connectivity index (χ3v) is 4.47. The highest BCUT2D eigenvalue weighted by molar-refractivity contribution is 5.20. The van der Waals surface area contributed by atoms with E-state index < -0.39 is 0 Å². The van der Waals surface area contributed by atoms with E-state index in [9.17, 15) is 0 Å². The summed E-state index contributed by atoms with van der Waals surface area (Å²) in [7, 11) is 2.04. The van der Waals surface area contributed by atoms with E-state index in [1.54, 1.807) is 0 Å². The van der Waals surface area contributed by atoms with E-state index >= 15 is 0 Å². The van der Waals surface area contributed by atoms with Crippen LogP contribution in [0.4, 0.5) is 0 Å². The smallest absolute Gasteiger partial charge is 0.146 e. The van der Waals surface area contributed by atoms with Crippen LogP contribution in [-0.4, -0.2) is 51.1 Å². The fourth-order valence-corrected chi connectivity index (χ4v) is 3.37. The van der Waals surface area contributed by atoms with Gasteiger partial charge in [0.25, 0.3) is 0 Å². The van der Waals surface area contributed by atoms with Gasteiger partial charge in [0.1, 0.15) is 30.1 Å². The van der Waals surface area contributed by atoms with E-state index in [2.05, 4.69) is 40.4 Å². The molecule has 136 valence electrons. The maximum atomic E-state index is 6.21. The summed E-state index contributed by atoms with van der Waals surface area (Å²) in [6, 6.07) is 9.88. The molecule has 0 bridgehead atoms. The topological polar surface area (TPSA) is 52.4 Å². The lowest BCUT2D eigenvalue weighted by Gasteiger charge is -2.42. The highest BCUT2D eigenvalue weighted by Gasteiger charge is 2.34. The van der Waals surface area contributed by atoms with Crippen molar-refractivity contribution in [1.82, 2.24) is 19.7 Å². The van der Waals surface area contributed by atoms with Crippen LogP contribution in [0.1, 0.15) is 32.4 Å². The Morgan fingerprint density at radius 1 is 1.20 bits per heavy atom. The predicted octanol–water partition coefficient (Wildman–Crippen LogP) is 2.44. The minimum absolute atomic E-state index is 0.0304. The van der Waals surface area contributed by atoms with E-state index in [1.807, 2.05) is 37.4 Å². The van der Waals surface area contributed by atoms with Crippen LogP contribution in [0.5, 0.6) is 5.75 Å². The molecule has 6 heteroatoms. The van der Waals surface area contributed by atoms with E-state index in [4.69, 9.17) is 9.47 Å². The largest absolute Gasteiger partial charge is 0.491 e. The zero-order valence-corrected chi connectivity index (χ0v) is 15.6. The summed E-state index contributed by atoms with van der Waals surface area (Å²) >= 11 is 0. The van der Waals surface area contributed by atoms with Gasteiger partial charge in [-0.25, -0.2) is 0 Å². The molecule has 6 nitrogen and oxygen atoms in total. The van der Waals surface area contributed by atoms with Crippen LogP contribution >= 0.6 is 0 Å². The summed E-state index contributed by atoms with van der Waals surface area (Å²) in [6.07, 6.45) is 0.925. The van der Waals surface area contributed by atoms with Gasteiger partial charge in [0, 0.05) is 26.6 Å². The second-order valence-electron chi connectivity index (χ2n) is 7.24. The molecule has 1 atom stereocenters. The number of hydrogen-bond donors (Lipinski definition) is 0. The standard InChI is InChI=1S/C19H28N4O2/c1-5-17-20-21-18(22(17)4)12-23-11-16(25-19(2,3)14-23)13-24-15-9-7-6-8-10-15/h6-10,16H,5,11-14H2,1-4H3. The van der Waals surface area contributed by atoms with Gasteiger partial charge < -0.3 is 14.0 Å². The van der Waals surface area contributed by atoms with E-state index in [0.29, 0.717) is 6.61 Å². The van der Waals surface area contributed by atoms with Crippen molar-refractivity contribution in [3.05, 3.63) is 42.0 Å². The van der Waals surface area contributed by atoms with E-state index in [0.717, 1.165) is 43.5 Å². The highest BCUT2D eigenvalue weighted by Crippen LogP contribution is 2.23. The molecule has 2 heterocycles. The van der Waals surface area contributed by atoms with Crippen LogP contribution in [0, 0.1) is 0 Å². The third kappa shape index (κ3) is 4.58. The van der Waals surface area contributed by atoms with Crippen molar-refractivity contribution in [3.8, 4) is 5.75 Å². The second kappa shape index (κ2) is 7.54. The summed E-state index contributed by atoms with van der Waals surface area (Å²) in [6.45, 7) is 9.36. The van der Waals surface area contributed by atoms with Crippen LogP contribution < -0.4 is 4.74 Å². The molecule has 0 spiro atoms. The van der Waals surface area contributed by atoms with Gasteiger partial charge in [-0.15, -0.1) is 10.2 Å². The lowest BCUT2D eigenvalue weighted by molar-refractivity contribution is -0.148. The monoisotopic (exact) mass is 344 g/mol. The number of benzene rings is 1. The Kier molecular flexibility index (Phi) is 5.39. The van der Waals surface area contributed by atoms with Crippen molar-refractivity contribution in [2.75, 3.05) is 19.7 Å². The molecule has 1 saturated heterocycles. The van der Waals surface area contributed by atoms with Crippen LogP contribution in [0.3, 0.4) is 0 Å². The first-order valence-corrected chi connectivity index (χ1v) is 8.92. The quantitative estimate of drug-likeness (QED) is 0.806. The molecule has 0 radical (unpaired) electrons. The summed E-state index contributed by atoms with van der Waals surface area (Å²) in [5.74, 6) is 2.89. The van der Waals surface area contributed by atoms with E-state index in [1.165, 1.54) is 0 Å². The minimum atomic E-state index is -0.213. The Bertz CT molecular complexity index is 684. The average Bonchev–Trinajstić information content (AvgIpc) is 2.92. The normalized spacial score (nSPS) is 20.6. The van der Waals surface area contributed by atoms with E-state index in [-0.39, 0.29) is 11.7 Å². The Morgan fingerprint density at radius 2 is 1.92 bits per heavy atom. The summed E-state index contributed by atoms with van der Waals surface area (Å²) in [5.41, 5.74) is -0.213. The molecule has 0 amide bonds. The molecule has 1 fully saturated rings. The number of rotatable bonds is 6. The highest BCUT2D eigenvalue weighted by atomic mass is 16.5. The molecule has 1 aliphatic rings. The van der Waals surface area contributed by atoms with Gasteiger partial charge in [-0.05, 0) is 26.0 Å². The van der Waals surface area contributed by atoms with Crippen LogP contribution in [0.2, 0.25) is 0 Å². The first-order chi connectivity index (χ1) is 12.0. The van der Waals surface area contributed by atoms with Crippen LogP contribution in [0.25, 0.3) is 0 Å². The number of nitrogens with zero attached hydrogens (tertiary/aromatic N) is 4. The lowest BCUT2D eigenvalue weighted by Crippen LogP contribution is -2.54. The van der Waals surface area contributed by atoms with Gasteiger partial charge in [-0.1, -0.05) is 25.1 Å². The number of aromatic nitrogens is 3. The average molecular weight is 344 g/mol. The summed E-state index contributed by atoms with van der Waals surface area (Å²) in [5, 5.41) is 8.61. The van der Waals surface area contributed by atoms with Gasteiger partial charge in [0.2, 0.25) is 0 Å². The predicted molar refractivity (Wildman–Crippen MR) is 96.5 cm³/mol. The number of hydrogen-bond acceptors (Lipinski definition) is 5. The molecule has 0 N–H and O–H groups in total. The number of ether oxygens (including phenoxy) is 2. The molecule has 25 heavy (non-hydrogen) atoms. The first-order valence-electron chi connectivity index (χ1n) is 8.92. The molecule has 3 rings (SSSR count). The van der Waals surface area contributed by atoms with Crippen molar-refractivity contribution >= 4 is 0 Å². The fraction of sp³-hybridized carbons (Fsp3) is 0.579. The molecular weight excluding hydrogens is 316 g/mol. The van der Waals surface area contributed by atoms with Crippen LogP contribution in [0.15, 0.2) is 30.3 Å². The zero-order valence-electron chi connectivity index (χ0n) is 15.6. The number of aryl methyl sites for hydroxylation is 1. The van der Waals surface area contributed by atoms with Crippen molar-refractivity contribution < 1.29 is 9.47 Å². The van der Waals surface area contributed by atoms with Gasteiger partial charge in [-0.2, -0.15) is 0 Å². The molecule has 1 aromatic carbocycles. The van der Waals surface area contributed by atoms with Gasteiger partial charge in [0.05, 0.1) is 12.1 Å². The molecule has 1 aromatic heterocycles. The molecule has 0 aliphatic carbocycles. The Balaban J connectivity index is 1.63. The molecule has 2 aromatic rings. The Hall–Kier alpha value is -1.92. The Labute approximate surface area is 149 Å². The lowest BCUT2D eigenvalue weighted by atomic mass is 10.1. The van der Waals surface area contributed by atoms with Crippen molar-refractivity contribution in [1.29, 1.82) is 0 Å². The fourth-order valence-electron chi connectivity index (χ4n) is 3.37.